The molecule has 4 aromatic carbocycles. The third-order valence-corrected chi connectivity index (χ3v) is 8.62. The van der Waals surface area contributed by atoms with Gasteiger partial charge < -0.3 is 34.1 Å². The molecule has 2 N–H and O–H groups in total. The van der Waals surface area contributed by atoms with Crippen LogP contribution in [-0.4, -0.2) is 60.8 Å². The molecular formula is C41H47NO8. The highest BCUT2D eigenvalue weighted by molar-refractivity contribution is 5.95. The van der Waals surface area contributed by atoms with E-state index in [2.05, 4.69) is 5.32 Å². The predicted molar refractivity (Wildman–Crippen MR) is 190 cm³/mol. The molecule has 5 atom stereocenters. The van der Waals surface area contributed by atoms with E-state index in [4.69, 9.17) is 28.8 Å². The number of unbranched alkanes of at least 4 members (excludes halogenated alkanes) is 3. The van der Waals surface area contributed by atoms with Crippen LogP contribution in [0.1, 0.15) is 70.0 Å². The standard InChI is InChI=1S/C41H47NO8/c1-30-36(47-27-31-15-7-4-8-16-31)37(48-28-32-17-9-5-10-18-32)38(49-29-33-19-11-6-12-20-33)41(50-30)46-26-14-3-2-13-25-42-39(43)34-21-23-35(24-22-34)40(44)45/h4-12,15-24,30,36-38,41H,2-3,13-14,25-29H2,1H3,(H,42,43)(H,44,45)/t30-,36+,37+,38-,41?/m0/s1. The molecule has 1 unspecified atom stereocenters. The monoisotopic (exact) mass is 681 g/mol. The summed E-state index contributed by atoms with van der Waals surface area (Å²) < 4.78 is 32.6. The summed E-state index contributed by atoms with van der Waals surface area (Å²) in [6.07, 6.45) is 1.08. The van der Waals surface area contributed by atoms with E-state index < -0.39 is 30.6 Å². The molecule has 0 radical (unpaired) electrons. The van der Waals surface area contributed by atoms with Crippen LogP contribution >= 0.6 is 0 Å². The second kappa shape index (κ2) is 19.7. The summed E-state index contributed by atoms with van der Waals surface area (Å²) in [5, 5.41) is 11.9. The number of nitrogens with one attached hydrogen (secondary N) is 1. The van der Waals surface area contributed by atoms with Crippen molar-refractivity contribution in [2.24, 2.45) is 0 Å². The normalized spacial score (nSPS) is 20.3. The van der Waals surface area contributed by atoms with E-state index in [1.807, 2.05) is 97.9 Å². The molecule has 264 valence electrons. The molecule has 1 heterocycles. The van der Waals surface area contributed by atoms with Crippen molar-refractivity contribution in [3.8, 4) is 0 Å². The molecule has 0 aromatic heterocycles. The molecule has 0 spiro atoms. The summed E-state index contributed by atoms with van der Waals surface area (Å²) in [6, 6.07) is 36.1. The Bertz CT molecular complexity index is 1570. The number of carboxylic acid groups (broad SMARTS) is 1. The van der Waals surface area contributed by atoms with E-state index in [0.717, 1.165) is 42.4 Å². The maximum atomic E-state index is 12.4. The lowest BCUT2D eigenvalue weighted by Crippen LogP contribution is -2.60. The summed E-state index contributed by atoms with van der Waals surface area (Å²) in [5.41, 5.74) is 3.75. The van der Waals surface area contributed by atoms with Crippen molar-refractivity contribution in [3.05, 3.63) is 143 Å². The zero-order valence-electron chi connectivity index (χ0n) is 28.5. The highest BCUT2D eigenvalue weighted by Crippen LogP contribution is 2.31. The maximum Gasteiger partial charge on any atom is 0.335 e. The molecule has 1 fully saturated rings. The van der Waals surface area contributed by atoms with Crippen molar-refractivity contribution < 1.29 is 38.4 Å². The van der Waals surface area contributed by atoms with E-state index in [0.29, 0.717) is 38.5 Å². The molecule has 5 rings (SSSR count). The molecule has 0 saturated carbocycles. The Labute approximate surface area is 294 Å². The Morgan fingerprint density at radius 2 is 1.08 bits per heavy atom. The van der Waals surface area contributed by atoms with E-state index in [9.17, 15) is 9.59 Å². The van der Waals surface area contributed by atoms with Crippen LogP contribution in [0.2, 0.25) is 0 Å². The van der Waals surface area contributed by atoms with Gasteiger partial charge in [-0.1, -0.05) is 104 Å². The molecule has 9 nitrogen and oxygen atoms in total. The number of amides is 1. The lowest BCUT2D eigenvalue weighted by atomic mass is 9.98. The van der Waals surface area contributed by atoms with Gasteiger partial charge in [0.2, 0.25) is 0 Å². The number of hydrogen-bond donors (Lipinski definition) is 2. The Hall–Kier alpha value is -4.38. The minimum Gasteiger partial charge on any atom is -0.478 e. The van der Waals surface area contributed by atoms with Crippen molar-refractivity contribution >= 4 is 11.9 Å². The minimum absolute atomic E-state index is 0.150. The van der Waals surface area contributed by atoms with Crippen LogP contribution in [0.3, 0.4) is 0 Å². The number of carbonyl (C=O) groups excluding carboxylic acids is 1. The maximum absolute atomic E-state index is 12.4. The van der Waals surface area contributed by atoms with Gasteiger partial charge in [0, 0.05) is 18.7 Å². The molecule has 1 aliphatic rings. The van der Waals surface area contributed by atoms with Crippen molar-refractivity contribution in [1.82, 2.24) is 5.32 Å². The summed E-state index contributed by atoms with van der Waals surface area (Å²) in [6.45, 7) is 4.18. The fraction of sp³-hybridized carbons (Fsp3) is 0.366. The van der Waals surface area contributed by atoms with Crippen molar-refractivity contribution in [3.63, 3.8) is 0 Å². The number of aromatic carboxylic acids is 1. The number of rotatable bonds is 19. The predicted octanol–water partition coefficient (Wildman–Crippen LogP) is 7.19. The number of carbonyl (C=O) groups is 2. The topological polar surface area (TPSA) is 113 Å². The van der Waals surface area contributed by atoms with Gasteiger partial charge in [0.15, 0.2) is 6.29 Å². The van der Waals surface area contributed by atoms with Gasteiger partial charge in [-0.25, -0.2) is 4.79 Å². The first-order valence-corrected chi connectivity index (χ1v) is 17.3. The van der Waals surface area contributed by atoms with Crippen LogP contribution in [0.25, 0.3) is 0 Å². The largest absolute Gasteiger partial charge is 0.478 e. The Balaban J connectivity index is 1.16. The number of hydrogen-bond acceptors (Lipinski definition) is 7. The van der Waals surface area contributed by atoms with Crippen LogP contribution in [0, 0.1) is 0 Å². The van der Waals surface area contributed by atoms with Gasteiger partial charge in [-0.2, -0.15) is 0 Å². The van der Waals surface area contributed by atoms with Gasteiger partial charge in [0.1, 0.15) is 18.3 Å². The van der Waals surface area contributed by atoms with Crippen molar-refractivity contribution in [1.29, 1.82) is 0 Å². The zero-order valence-corrected chi connectivity index (χ0v) is 28.5. The molecule has 0 bridgehead atoms. The summed E-state index contributed by atoms with van der Waals surface area (Å²) >= 11 is 0. The summed E-state index contributed by atoms with van der Waals surface area (Å²) in [4.78, 5) is 23.4. The average Bonchev–Trinajstić information content (AvgIpc) is 3.15. The molecule has 1 amide bonds. The van der Waals surface area contributed by atoms with Gasteiger partial charge in [-0.15, -0.1) is 0 Å². The molecule has 4 aromatic rings. The van der Waals surface area contributed by atoms with Crippen molar-refractivity contribution in [2.45, 2.75) is 83.1 Å². The second-order valence-electron chi connectivity index (χ2n) is 12.4. The lowest BCUT2D eigenvalue weighted by molar-refractivity contribution is -0.320. The van der Waals surface area contributed by atoms with Crippen LogP contribution in [0.5, 0.6) is 0 Å². The SMILES string of the molecule is C[C@@H]1OC(OCCCCCCNC(=O)c2ccc(C(=O)O)cc2)[C@@H](OCc2ccccc2)[C@H](OCc2ccccc2)[C@@H]1OCc1ccccc1. The Morgan fingerprint density at radius 1 is 0.600 bits per heavy atom. The van der Waals surface area contributed by atoms with Gasteiger partial charge in [0.05, 0.1) is 31.5 Å². The first-order chi connectivity index (χ1) is 24.5. The molecule has 1 aliphatic heterocycles. The van der Waals surface area contributed by atoms with Crippen LogP contribution in [0.4, 0.5) is 0 Å². The molecule has 50 heavy (non-hydrogen) atoms. The third kappa shape index (κ3) is 11.3. The minimum atomic E-state index is -1.02. The smallest absolute Gasteiger partial charge is 0.335 e. The molecular weight excluding hydrogens is 634 g/mol. The van der Waals surface area contributed by atoms with E-state index >= 15 is 0 Å². The average molecular weight is 682 g/mol. The summed E-state index contributed by atoms with van der Waals surface area (Å²) in [5.74, 6) is -1.24. The molecule has 0 aliphatic carbocycles. The van der Waals surface area contributed by atoms with Crippen LogP contribution < -0.4 is 5.32 Å². The number of carboxylic acids is 1. The van der Waals surface area contributed by atoms with E-state index in [-0.39, 0.29) is 17.6 Å². The van der Waals surface area contributed by atoms with Gasteiger partial charge in [-0.05, 0) is 60.7 Å². The Morgan fingerprint density at radius 3 is 1.62 bits per heavy atom. The first kappa shape index (κ1) is 36.9. The van der Waals surface area contributed by atoms with Gasteiger partial charge in [-0.3, -0.25) is 4.79 Å². The molecule has 1 saturated heterocycles. The van der Waals surface area contributed by atoms with E-state index in [1.165, 1.54) is 24.3 Å². The number of benzene rings is 4. The highest BCUT2D eigenvalue weighted by atomic mass is 16.7. The van der Waals surface area contributed by atoms with Gasteiger partial charge >= 0.3 is 5.97 Å². The fourth-order valence-electron chi connectivity index (χ4n) is 5.85. The number of ether oxygens (including phenoxy) is 5. The Kier molecular flexibility index (Phi) is 14.5. The summed E-state index contributed by atoms with van der Waals surface area (Å²) in [7, 11) is 0. The van der Waals surface area contributed by atoms with E-state index in [1.54, 1.807) is 0 Å². The lowest BCUT2D eigenvalue weighted by Gasteiger charge is -2.45. The van der Waals surface area contributed by atoms with Gasteiger partial charge in [0.25, 0.3) is 5.91 Å². The highest BCUT2D eigenvalue weighted by Gasteiger charge is 2.47. The first-order valence-electron chi connectivity index (χ1n) is 17.3. The fourth-order valence-corrected chi connectivity index (χ4v) is 5.85. The zero-order chi connectivity index (χ0) is 35.0. The van der Waals surface area contributed by atoms with Crippen LogP contribution in [-0.2, 0) is 43.5 Å². The van der Waals surface area contributed by atoms with Crippen molar-refractivity contribution in [2.75, 3.05) is 13.2 Å². The molecule has 9 heteroatoms. The quantitative estimate of drug-likeness (QED) is 0.100. The third-order valence-electron chi connectivity index (χ3n) is 8.62. The van der Waals surface area contributed by atoms with Crippen LogP contribution in [0.15, 0.2) is 115 Å². The second-order valence-corrected chi connectivity index (χ2v) is 12.4.